The van der Waals surface area contributed by atoms with E-state index >= 15 is 0 Å². The summed E-state index contributed by atoms with van der Waals surface area (Å²) in [7, 11) is 2.04. The predicted molar refractivity (Wildman–Crippen MR) is 49.3 cm³/mol. The largest absolute Gasteiger partial charge is 0.472 e. The lowest BCUT2D eigenvalue weighted by Gasteiger charge is -2.31. The van der Waals surface area contributed by atoms with Crippen LogP contribution >= 0.6 is 0 Å². The first kappa shape index (κ1) is 10.0. The number of carboxylic acids is 1. The zero-order valence-electron chi connectivity index (χ0n) is 7.71. The molecular weight excluding hydrogens is 168 g/mol. The van der Waals surface area contributed by atoms with E-state index in [4.69, 9.17) is 5.11 Å². The highest BCUT2D eigenvalue weighted by Gasteiger charge is 2.16. The second kappa shape index (κ2) is 4.85. The molecule has 1 rings (SSSR count). The molecule has 0 radical (unpaired) electrons. The first-order valence-electron chi connectivity index (χ1n) is 4.33. The van der Waals surface area contributed by atoms with E-state index in [0.29, 0.717) is 12.5 Å². The zero-order valence-corrected chi connectivity index (χ0v) is 7.71. The lowest BCUT2D eigenvalue weighted by atomic mass is 10.1. The van der Waals surface area contributed by atoms with Gasteiger partial charge in [-0.1, -0.05) is 5.92 Å². The minimum atomic E-state index is -1.05. The normalized spacial score (nSPS) is 23.3. The van der Waals surface area contributed by atoms with Gasteiger partial charge in [0.05, 0.1) is 0 Å². The van der Waals surface area contributed by atoms with Crippen LogP contribution in [0, 0.1) is 11.8 Å². The molecule has 1 fully saturated rings. The van der Waals surface area contributed by atoms with E-state index in [1.165, 1.54) is 0 Å². The standard InChI is InChI=1S/C9H14N2O2/c1-11-6-5-10-7-8(11)3-2-4-9(12)13/h8,10H,3,5-7H2,1H3,(H,12,13). The molecule has 4 nitrogen and oxygen atoms in total. The Bertz CT molecular complexity index is 242. The van der Waals surface area contributed by atoms with Gasteiger partial charge in [-0.05, 0) is 7.05 Å². The van der Waals surface area contributed by atoms with Crippen LogP contribution < -0.4 is 5.32 Å². The van der Waals surface area contributed by atoms with Crippen LogP contribution in [0.15, 0.2) is 0 Å². The van der Waals surface area contributed by atoms with Gasteiger partial charge in [-0.15, -0.1) is 0 Å². The number of hydrogen-bond donors (Lipinski definition) is 2. The molecule has 13 heavy (non-hydrogen) atoms. The maximum atomic E-state index is 10.1. The Labute approximate surface area is 77.9 Å². The van der Waals surface area contributed by atoms with Crippen molar-refractivity contribution in [3.8, 4) is 11.8 Å². The van der Waals surface area contributed by atoms with Crippen LogP contribution in [-0.2, 0) is 4.79 Å². The van der Waals surface area contributed by atoms with Crippen LogP contribution in [-0.4, -0.2) is 48.7 Å². The highest BCUT2D eigenvalue weighted by atomic mass is 16.4. The summed E-state index contributed by atoms with van der Waals surface area (Å²) >= 11 is 0. The number of nitrogens with zero attached hydrogens (tertiary/aromatic N) is 1. The van der Waals surface area contributed by atoms with Crippen molar-refractivity contribution in [2.45, 2.75) is 12.5 Å². The van der Waals surface area contributed by atoms with Gasteiger partial charge in [-0.2, -0.15) is 0 Å². The Hall–Kier alpha value is -1.05. The number of nitrogens with one attached hydrogen (secondary N) is 1. The summed E-state index contributed by atoms with van der Waals surface area (Å²) in [6.07, 6.45) is 0.621. The minimum Gasteiger partial charge on any atom is -0.472 e. The molecule has 0 aromatic carbocycles. The quantitative estimate of drug-likeness (QED) is 0.530. The number of piperazine rings is 1. The number of rotatable bonds is 1. The average molecular weight is 182 g/mol. The first-order valence-corrected chi connectivity index (χ1v) is 4.33. The smallest absolute Gasteiger partial charge is 0.381 e. The van der Waals surface area contributed by atoms with Crippen molar-refractivity contribution in [1.82, 2.24) is 10.2 Å². The van der Waals surface area contributed by atoms with Crippen LogP contribution in [0.4, 0.5) is 0 Å². The molecule has 0 spiro atoms. The summed E-state index contributed by atoms with van der Waals surface area (Å²) in [6, 6.07) is 0.348. The molecule has 0 amide bonds. The molecule has 1 unspecified atom stereocenters. The van der Waals surface area contributed by atoms with E-state index in [0.717, 1.165) is 19.6 Å². The summed E-state index contributed by atoms with van der Waals surface area (Å²) < 4.78 is 0. The summed E-state index contributed by atoms with van der Waals surface area (Å²) in [6.45, 7) is 2.89. The maximum Gasteiger partial charge on any atom is 0.381 e. The van der Waals surface area contributed by atoms with E-state index < -0.39 is 5.97 Å². The molecule has 4 heteroatoms. The number of carbonyl (C=O) groups is 1. The highest BCUT2D eigenvalue weighted by Crippen LogP contribution is 2.02. The van der Waals surface area contributed by atoms with Crippen LogP contribution in [0.25, 0.3) is 0 Å². The van der Waals surface area contributed by atoms with Crippen molar-refractivity contribution < 1.29 is 9.90 Å². The van der Waals surface area contributed by atoms with E-state index in [1.807, 2.05) is 7.05 Å². The van der Waals surface area contributed by atoms with Crippen LogP contribution in [0.3, 0.4) is 0 Å². The van der Waals surface area contributed by atoms with Gasteiger partial charge < -0.3 is 10.4 Å². The Balaban J connectivity index is 2.35. The molecular formula is C9H14N2O2. The van der Waals surface area contributed by atoms with Crippen molar-refractivity contribution >= 4 is 5.97 Å². The number of hydrogen-bond acceptors (Lipinski definition) is 3. The lowest BCUT2D eigenvalue weighted by molar-refractivity contribution is -0.130. The number of aliphatic carboxylic acids is 1. The molecule has 72 valence electrons. The third kappa shape index (κ3) is 3.45. The number of carboxylic acid groups (broad SMARTS) is 1. The van der Waals surface area contributed by atoms with Crippen LogP contribution in [0.1, 0.15) is 6.42 Å². The Morgan fingerprint density at radius 2 is 2.54 bits per heavy atom. The second-order valence-electron chi connectivity index (χ2n) is 3.15. The molecule has 1 aliphatic heterocycles. The summed E-state index contributed by atoms with van der Waals surface area (Å²) in [5, 5.41) is 11.6. The van der Waals surface area contributed by atoms with Crippen molar-refractivity contribution in [2.75, 3.05) is 26.7 Å². The van der Waals surface area contributed by atoms with E-state index in [-0.39, 0.29) is 0 Å². The summed E-state index contributed by atoms with van der Waals surface area (Å²) in [5.74, 6) is 3.73. The second-order valence-corrected chi connectivity index (χ2v) is 3.15. The van der Waals surface area contributed by atoms with Gasteiger partial charge in [0, 0.05) is 38.0 Å². The lowest BCUT2D eigenvalue weighted by Crippen LogP contribution is -2.48. The van der Waals surface area contributed by atoms with Crippen molar-refractivity contribution in [2.24, 2.45) is 0 Å². The maximum absolute atomic E-state index is 10.1. The first-order chi connectivity index (χ1) is 6.20. The summed E-state index contributed by atoms with van der Waals surface area (Å²) in [5.41, 5.74) is 0. The number of likely N-dealkylation sites (N-methyl/N-ethyl adjacent to an activating group) is 1. The van der Waals surface area contributed by atoms with Crippen molar-refractivity contribution in [3.63, 3.8) is 0 Å². The van der Waals surface area contributed by atoms with Crippen molar-refractivity contribution in [3.05, 3.63) is 0 Å². The topological polar surface area (TPSA) is 52.6 Å². The van der Waals surface area contributed by atoms with E-state index in [9.17, 15) is 4.79 Å². The third-order valence-electron chi connectivity index (χ3n) is 2.18. The third-order valence-corrected chi connectivity index (χ3v) is 2.18. The highest BCUT2D eigenvalue weighted by molar-refractivity contribution is 5.86. The van der Waals surface area contributed by atoms with Crippen LogP contribution in [0.5, 0.6) is 0 Å². The van der Waals surface area contributed by atoms with Crippen molar-refractivity contribution in [1.29, 1.82) is 0 Å². The van der Waals surface area contributed by atoms with Gasteiger partial charge in [0.25, 0.3) is 0 Å². The van der Waals surface area contributed by atoms with Gasteiger partial charge in [-0.25, -0.2) is 4.79 Å². The Morgan fingerprint density at radius 3 is 3.15 bits per heavy atom. The minimum absolute atomic E-state index is 0.348. The molecule has 0 aromatic heterocycles. The van der Waals surface area contributed by atoms with Crippen LogP contribution in [0.2, 0.25) is 0 Å². The summed E-state index contributed by atoms with van der Waals surface area (Å²) in [4.78, 5) is 12.3. The molecule has 0 aliphatic carbocycles. The van der Waals surface area contributed by atoms with Gasteiger partial charge in [0.1, 0.15) is 0 Å². The van der Waals surface area contributed by atoms with Gasteiger partial charge >= 0.3 is 5.97 Å². The molecule has 1 heterocycles. The van der Waals surface area contributed by atoms with E-state index in [2.05, 4.69) is 22.1 Å². The molecule has 0 aromatic rings. The SMILES string of the molecule is CN1CCNCC1CC#CC(=O)O. The molecule has 1 aliphatic rings. The fourth-order valence-corrected chi connectivity index (χ4v) is 1.33. The fraction of sp³-hybridized carbons (Fsp3) is 0.667. The molecule has 0 bridgehead atoms. The fourth-order valence-electron chi connectivity index (χ4n) is 1.33. The van der Waals surface area contributed by atoms with E-state index in [1.54, 1.807) is 0 Å². The van der Waals surface area contributed by atoms with Gasteiger partial charge in [0.15, 0.2) is 0 Å². The van der Waals surface area contributed by atoms with Gasteiger partial charge in [-0.3, -0.25) is 4.90 Å². The average Bonchev–Trinajstić information content (AvgIpc) is 2.08. The molecule has 1 atom stereocenters. The molecule has 2 N–H and O–H groups in total. The van der Waals surface area contributed by atoms with Gasteiger partial charge in [0.2, 0.25) is 0 Å². The predicted octanol–water partition coefficient (Wildman–Crippen LogP) is -0.632. The Kier molecular flexibility index (Phi) is 3.74. The molecule has 1 saturated heterocycles. The monoisotopic (exact) mass is 182 g/mol. The zero-order chi connectivity index (χ0) is 9.68. The Morgan fingerprint density at radius 1 is 1.77 bits per heavy atom. The molecule has 0 saturated carbocycles.